The van der Waals surface area contributed by atoms with Gasteiger partial charge < -0.3 is 15.6 Å². The van der Waals surface area contributed by atoms with Crippen molar-refractivity contribution in [3.63, 3.8) is 0 Å². The number of halogens is 1. The second-order valence-corrected chi connectivity index (χ2v) is 7.94. The van der Waals surface area contributed by atoms with Crippen LogP contribution in [-0.4, -0.2) is 21.0 Å². The monoisotopic (exact) mass is 465 g/mol. The van der Waals surface area contributed by atoms with Gasteiger partial charge in [-0.2, -0.15) is 0 Å². The number of aromatic carboxylic acids is 1. The molecule has 152 valence electrons. The summed E-state index contributed by atoms with van der Waals surface area (Å²) in [4.78, 5) is 19.8. The predicted molar refractivity (Wildman–Crippen MR) is 119 cm³/mol. The number of anilines is 1. The van der Waals surface area contributed by atoms with Crippen molar-refractivity contribution in [2.75, 3.05) is 5.73 Å². The number of hydrogen-bond donors (Lipinski definition) is 2. The van der Waals surface area contributed by atoms with Gasteiger partial charge in [-0.3, -0.25) is 0 Å². The van der Waals surface area contributed by atoms with E-state index in [1.165, 1.54) is 0 Å². The first kappa shape index (κ1) is 20.1. The van der Waals surface area contributed by atoms with Crippen molar-refractivity contribution in [3.05, 3.63) is 81.7 Å². The molecule has 1 aliphatic carbocycles. The van der Waals surface area contributed by atoms with Crippen LogP contribution in [0.4, 0.5) is 5.82 Å². The average Bonchev–Trinajstić information content (AvgIpc) is 3.23. The first-order valence-corrected chi connectivity index (χ1v) is 10.4. The van der Waals surface area contributed by atoms with Gasteiger partial charge in [-0.05, 0) is 54.2 Å². The topological polar surface area (TPSA) is 98.3 Å². The largest absolute Gasteiger partial charge is 0.488 e. The Bertz CT molecular complexity index is 1130. The molecule has 0 saturated heterocycles. The summed E-state index contributed by atoms with van der Waals surface area (Å²) in [5, 5.41) is 9.35. The van der Waals surface area contributed by atoms with Crippen LogP contribution in [0.25, 0.3) is 11.1 Å². The first-order chi connectivity index (χ1) is 14.5. The van der Waals surface area contributed by atoms with Crippen LogP contribution < -0.4 is 10.5 Å². The molecule has 0 fully saturated rings. The molecule has 0 spiro atoms. The molecule has 7 heteroatoms. The van der Waals surface area contributed by atoms with Crippen molar-refractivity contribution >= 4 is 38.9 Å². The molecule has 1 heterocycles. The molecular formula is C23H20BrN3O3. The molecule has 4 rings (SSSR count). The van der Waals surface area contributed by atoms with E-state index < -0.39 is 5.97 Å². The maximum Gasteiger partial charge on any atom is 0.358 e. The average molecular weight is 466 g/mol. The van der Waals surface area contributed by atoms with Crippen molar-refractivity contribution in [2.24, 2.45) is 0 Å². The predicted octanol–water partition coefficient (Wildman–Crippen LogP) is 5.19. The minimum atomic E-state index is -1.18. The zero-order valence-electron chi connectivity index (χ0n) is 16.1. The number of allylic oxidation sites excluding steroid dienone is 2. The number of carboxylic acids is 1. The summed E-state index contributed by atoms with van der Waals surface area (Å²) >= 11 is 3.56. The van der Waals surface area contributed by atoms with Crippen molar-refractivity contribution in [1.82, 2.24) is 9.97 Å². The van der Waals surface area contributed by atoms with Crippen molar-refractivity contribution < 1.29 is 14.6 Å². The first-order valence-electron chi connectivity index (χ1n) is 9.58. The summed E-state index contributed by atoms with van der Waals surface area (Å²) in [6.45, 7) is 0.461. The van der Waals surface area contributed by atoms with E-state index in [1.54, 1.807) is 6.20 Å². The highest BCUT2D eigenvalue weighted by molar-refractivity contribution is 9.10. The summed E-state index contributed by atoms with van der Waals surface area (Å²) in [6.07, 6.45) is 4.13. The lowest BCUT2D eigenvalue weighted by Crippen LogP contribution is -2.09. The van der Waals surface area contributed by atoms with Gasteiger partial charge in [0.2, 0.25) is 0 Å². The zero-order valence-corrected chi connectivity index (χ0v) is 17.7. The van der Waals surface area contributed by atoms with Gasteiger partial charge in [0.25, 0.3) is 0 Å². The Morgan fingerprint density at radius 2 is 1.90 bits per heavy atom. The fourth-order valence-corrected chi connectivity index (χ4v) is 3.99. The van der Waals surface area contributed by atoms with Crippen molar-refractivity contribution in [2.45, 2.75) is 25.9 Å². The van der Waals surface area contributed by atoms with E-state index in [1.807, 2.05) is 48.5 Å². The van der Waals surface area contributed by atoms with Crippen LogP contribution in [-0.2, 0) is 6.61 Å². The molecule has 2 aromatic carbocycles. The summed E-state index contributed by atoms with van der Waals surface area (Å²) in [5.41, 5.74) is 10.1. The Hall–Kier alpha value is -3.19. The summed E-state index contributed by atoms with van der Waals surface area (Å²) in [5.74, 6) is -0.490. The third-order valence-corrected chi connectivity index (χ3v) is 5.53. The molecule has 0 aliphatic heterocycles. The fourth-order valence-electron chi connectivity index (χ4n) is 3.62. The Balaban J connectivity index is 1.74. The lowest BCUT2D eigenvalue weighted by molar-refractivity contribution is 0.0691. The number of aromatic nitrogens is 2. The van der Waals surface area contributed by atoms with Crippen molar-refractivity contribution in [3.8, 4) is 5.75 Å². The van der Waals surface area contributed by atoms with E-state index in [9.17, 15) is 9.90 Å². The Morgan fingerprint density at radius 1 is 1.13 bits per heavy atom. The van der Waals surface area contributed by atoms with Crippen LogP contribution in [0.5, 0.6) is 5.75 Å². The van der Waals surface area contributed by atoms with Gasteiger partial charge >= 0.3 is 5.97 Å². The molecule has 0 unspecified atom stereocenters. The molecule has 6 nitrogen and oxygen atoms in total. The molecule has 0 saturated carbocycles. The molecule has 1 aromatic heterocycles. The van der Waals surface area contributed by atoms with Crippen LogP contribution in [0.2, 0.25) is 0 Å². The Kier molecular flexibility index (Phi) is 5.81. The van der Waals surface area contributed by atoms with Gasteiger partial charge in [0, 0.05) is 10.0 Å². The number of rotatable bonds is 6. The van der Waals surface area contributed by atoms with E-state index in [2.05, 4.69) is 25.9 Å². The van der Waals surface area contributed by atoms with E-state index in [-0.39, 0.29) is 11.5 Å². The van der Waals surface area contributed by atoms with Crippen LogP contribution in [0.15, 0.2) is 59.2 Å². The van der Waals surface area contributed by atoms with Crippen LogP contribution >= 0.6 is 15.9 Å². The summed E-state index contributed by atoms with van der Waals surface area (Å²) < 4.78 is 7.09. The molecule has 0 bridgehead atoms. The molecule has 30 heavy (non-hydrogen) atoms. The minimum Gasteiger partial charge on any atom is -0.488 e. The number of carbonyl (C=O) groups is 1. The van der Waals surface area contributed by atoms with E-state index in [4.69, 9.17) is 10.5 Å². The summed E-state index contributed by atoms with van der Waals surface area (Å²) in [7, 11) is 0. The van der Waals surface area contributed by atoms with Crippen molar-refractivity contribution in [1.29, 1.82) is 0 Å². The standard InChI is InChI=1S/C23H20BrN3O3/c24-15-9-10-20(30-13-14-5-2-1-3-6-14)18(11-15)16-7-4-8-17(16)19-12-26-22(25)21(27-19)23(28)29/h1-3,5-6,9-12H,4,7-8,13H2,(H2,25,26)(H,28,29). The third kappa shape index (κ3) is 4.21. The van der Waals surface area contributed by atoms with Gasteiger partial charge in [0.1, 0.15) is 12.4 Å². The maximum absolute atomic E-state index is 11.4. The summed E-state index contributed by atoms with van der Waals surface area (Å²) in [6, 6.07) is 15.9. The van der Waals surface area contributed by atoms with Crippen LogP contribution in [0.3, 0.4) is 0 Å². The van der Waals surface area contributed by atoms with E-state index in [0.717, 1.165) is 51.8 Å². The smallest absolute Gasteiger partial charge is 0.358 e. The molecule has 1 aliphatic rings. The molecule has 3 aromatic rings. The highest BCUT2D eigenvalue weighted by Crippen LogP contribution is 2.43. The zero-order chi connectivity index (χ0) is 21.1. The SMILES string of the molecule is Nc1ncc(C2=C(c3cc(Br)ccc3OCc3ccccc3)CCC2)nc1C(=O)O. The number of nitrogen functional groups attached to an aromatic ring is 1. The third-order valence-electron chi connectivity index (χ3n) is 5.03. The molecule has 0 radical (unpaired) electrons. The normalized spacial score (nSPS) is 13.5. The minimum absolute atomic E-state index is 0.0827. The lowest BCUT2D eigenvalue weighted by Gasteiger charge is -2.15. The Morgan fingerprint density at radius 3 is 2.67 bits per heavy atom. The van der Waals surface area contributed by atoms with E-state index >= 15 is 0 Å². The number of benzene rings is 2. The van der Waals surface area contributed by atoms with Crippen LogP contribution in [0, 0.1) is 0 Å². The van der Waals surface area contributed by atoms with Crippen LogP contribution in [0.1, 0.15) is 46.6 Å². The lowest BCUT2D eigenvalue weighted by atomic mass is 9.99. The molecular weight excluding hydrogens is 446 g/mol. The quantitative estimate of drug-likeness (QED) is 0.519. The highest BCUT2D eigenvalue weighted by Gasteiger charge is 2.23. The number of nitrogens with two attached hydrogens (primary N) is 1. The second-order valence-electron chi connectivity index (χ2n) is 7.02. The fraction of sp³-hybridized carbons (Fsp3) is 0.174. The Labute approximate surface area is 182 Å². The number of nitrogens with zero attached hydrogens (tertiary/aromatic N) is 2. The van der Waals surface area contributed by atoms with Gasteiger partial charge in [-0.15, -0.1) is 0 Å². The van der Waals surface area contributed by atoms with Gasteiger partial charge in [0.15, 0.2) is 11.5 Å². The van der Waals surface area contributed by atoms with Gasteiger partial charge in [-0.1, -0.05) is 46.3 Å². The second kappa shape index (κ2) is 8.67. The molecule has 0 amide bonds. The highest BCUT2D eigenvalue weighted by atomic mass is 79.9. The van der Waals surface area contributed by atoms with Gasteiger partial charge in [-0.25, -0.2) is 14.8 Å². The molecule has 0 atom stereocenters. The molecule has 3 N–H and O–H groups in total. The number of ether oxygens (including phenoxy) is 1. The van der Waals surface area contributed by atoms with E-state index in [0.29, 0.717) is 12.3 Å². The maximum atomic E-state index is 11.4. The number of hydrogen-bond acceptors (Lipinski definition) is 5. The number of carboxylic acid groups (broad SMARTS) is 1. The van der Waals surface area contributed by atoms with Gasteiger partial charge in [0.05, 0.1) is 11.9 Å².